The number of nitrogens with zero attached hydrogens (tertiary/aromatic N) is 3. The summed E-state index contributed by atoms with van der Waals surface area (Å²) in [5.41, 5.74) is 2.45. The molecule has 2 heterocycles. The molecule has 0 aromatic heterocycles. The Morgan fingerprint density at radius 2 is 1.82 bits per heavy atom. The van der Waals surface area contributed by atoms with Gasteiger partial charge in [0.25, 0.3) is 5.91 Å². The summed E-state index contributed by atoms with van der Waals surface area (Å²) in [6.07, 6.45) is 6.00. The lowest BCUT2D eigenvalue weighted by atomic mass is 9.95. The van der Waals surface area contributed by atoms with Crippen LogP contribution in [0.2, 0.25) is 0 Å². The van der Waals surface area contributed by atoms with Gasteiger partial charge in [0.15, 0.2) is 5.17 Å². The normalized spacial score (nSPS) is 18.5. The van der Waals surface area contributed by atoms with Crippen molar-refractivity contribution in [2.24, 2.45) is 9.98 Å². The molecule has 0 spiro atoms. The lowest BCUT2D eigenvalue weighted by molar-refractivity contribution is -0.125. The molecule has 204 valence electrons. The summed E-state index contributed by atoms with van der Waals surface area (Å²) in [5.74, 6) is 1.04. The number of para-hydroxylation sites is 1. The monoisotopic (exact) mass is 547 g/mol. The van der Waals surface area contributed by atoms with Gasteiger partial charge in [0, 0.05) is 24.6 Å². The van der Waals surface area contributed by atoms with Gasteiger partial charge in [0.05, 0.1) is 18.6 Å². The summed E-state index contributed by atoms with van der Waals surface area (Å²) in [7, 11) is 1.61. The Balaban J connectivity index is 1.20. The molecule has 39 heavy (non-hydrogen) atoms. The van der Waals surface area contributed by atoms with Gasteiger partial charge in [-0.15, -0.1) is 0 Å². The molecule has 3 amide bonds. The lowest BCUT2D eigenvalue weighted by Gasteiger charge is -2.26. The van der Waals surface area contributed by atoms with E-state index in [1.165, 1.54) is 23.1 Å². The number of nitrogens with one attached hydrogen (secondary N) is 2. The van der Waals surface area contributed by atoms with Crippen LogP contribution in [0, 0.1) is 0 Å². The minimum Gasteiger partial charge on any atom is -0.497 e. The van der Waals surface area contributed by atoms with E-state index in [0.29, 0.717) is 23.2 Å². The van der Waals surface area contributed by atoms with Gasteiger partial charge in [0.1, 0.15) is 17.6 Å². The number of carbonyl (C=O) groups is 3. The highest BCUT2D eigenvalue weighted by Gasteiger charge is 2.41. The maximum absolute atomic E-state index is 13.4. The molecule has 1 aliphatic carbocycles. The average Bonchev–Trinajstić information content (AvgIpc) is 3.31. The third-order valence-electron chi connectivity index (χ3n) is 7.14. The van der Waals surface area contributed by atoms with E-state index in [0.717, 1.165) is 42.6 Å². The van der Waals surface area contributed by atoms with Crippen LogP contribution in [0.25, 0.3) is 0 Å². The van der Waals surface area contributed by atoms with Gasteiger partial charge in [-0.05, 0) is 49.1 Å². The number of methoxy groups -OCH3 is 1. The Morgan fingerprint density at radius 1 is 1.05 bits per heavy atom. The predicted octanol–water partition coefficient (Wildman–Crippen LogP) is 3.93. The van der Waals surface area contributed by atoms with Crippen LogP contribution in [-0.2, 0) is 20.9 Å². The molecular weight excluding hydrogens is 514 g/mol. The van der Waals surface area contributed by atoms with Crippen molar-refractivity contribution in [3.05, 3.63) is 59.7 Å². The van der Waals surface area contributed by atoms with E-state index < -0.39 is 6.04 Å². The molecule has 0 bridgehead atoms. The van der Waals surface area contributed by atoms with Crippen LogP contribution in [0.15, 0.2) is 58.5 Å². The first-order valence-corrected chi connectivity index (χ1v) is 14.4. The van der Waals surface area contributed by atoms with Gasteiger partial charge < -0.3 is 15.4 Å². The quantitative estimate of drug-likeness (QED) is 0.494. The molecule has 2 aromatic rings. The minimum atomic E-state index is -0.681. The van der Waals surface area contributed by atoms with Crippen LogP contribution in [0.3, 0.4) is 0 Å². The SMILES string of the molecule is COc1ccc(CNC(=O)CCC2N=C3c4ccccc4N=C(SCC(=O)NC4CCCCC4)N3C2=O)cc1. The van der Waals surface area contributed by atoms with E-state index >= 15 is 0 Å². The highest BCUT2D eigenvalue weighted by molar-refractivity contribution is 8.14. The zero-order valence-corrected chi connectivity index (χ0v) is 22.8. The van der Waals surface area contributed by atoms with Crippen molar-refractivity contribution in [1.82, 2.24) is 15.5 Å². The fourth-order valence-electron chi connectivity index (χ4n) is 5.03. The van der Waals surface area contributed by atoms with Crippen LogP contribution in [-0.4, -0.2) is 58.6 Å². The van der Waals surface area contributed by atoms with Crippen molar-refractivity contribution in [2.45, 2.75) is 63.6 Å². The standard InChI is InChI=1S/C29H33N5O4S/c1-38-21-13-11-19(12-14-21)17-30-25(35)16-15-24-28(37)34-27(32-24)22-9-5-6-10-23(22)33-29(34)39-18-26(36)31-20-7-3-2-4-8-20/h5-6,9-14,20,24H,2-4,7-8,15-18H2,1H3,(H,30,35)(H,31,36). The van der Waals surface area contributed by atoms with E-state index in [2.05, 4.69) is 10.6 Å². The van der Waals surface area contributed by atoms with Crippen LogP contribution in [0.5, 0.6) is 5.75 Å². The van der Waals surface area contributed by atoms with Crippen molar-refractivity contribution in [2.75, 3.05) is 12.9 Å². The Kier molecular flexibility index (Phi) is 8.61. The minimum absolute atomic E-state index is 0.0522. The zero-order chi connectivity index (χ0) is 27.2. The second kappa shape index (κ2) is 12.5. The highest BCUT2D eigenvalue weighted by Crippen LogP contribution is 2.34. The van der Waals surface area contributed by atoms with Crippen LogP contribution >= 0.6 is 11.8 Å². The van der Waals surface area contributed by atoms with Gasteiger partial charge in [-0.1, -0.05) is 55.3 Å². The Bertz CT molecular complexity index is 1290. The van der Waals surface area contributed by atoms with E-state index in [1.807, 2.05) is 48.5 Å². The predicted molar refractivity (Wildman–Crippen MR) is 152 cm³/mol. The molecule has 2 N–H and O–H groups in total. The Hall–Kier alpha value is -3.66. The summed E-state index contributed by atoms with van der Waals surface area (Å²) in [4.78, 5) is 49.6. The molecule has 0 saturated heterocycles. The fourth-order valence-corrected chi connectivity index (χ4v) is 5.85. The van der Waals surface area contributed by atoms with Crippen molar-refractivity contribution in [3.8, 4) is 5.75 Å². The molecule has 3 aliphatic rings. The van der Waals surface area contributed by atoms with Crippen molar-refractivity contribution in [3.63, 3.8) is 0 Å². The van der Waals surface area contributed by atoms with Crippen LogP contribution in [0.4, 0.5) is 5.69 Å². The van der Waals surface area contributed by atoms with Crippen LogP contribution < -0.4 is 15.4 Å². The third kappa shape index (κ3) is 6.50. The second-order valence-electron chi connectivity index (χ2n) is 9.91. The zero-order valence-electron chi connectivity index (χ0n) is 22.0. The maximum Gasteiger partial charge on any atom is 0.259 e. The van der Waals surface area contributed by atoms with Crippen molar-refractivity contribution >= 4 is 46.2 Å². The Labute approximate surface area is 232 Å². The molecular formula is C29H33N5O4S. The summed E-state index contributed by atoms with van der Waals surface area (Å²) < 4.78 is 5.16. The number of hydrogen-bond acceptors (Lipinski definition) is 7. The smallest absolute Gasteiger partial charge is 0.259 e. The van der Waals surface area contributed by atoms with Crippen LogP contribution in [0.1, 0.15) is 56.1 Å². The highest BCUT2D eigenvalue weighted by atomic mass is 32.2. The average molecular weight is 548 g/mol. The number of benzene rings is 2. The second-order valence-corrected chi connectivity index (χ2v) is 10.9. The van der Waals surface area contributed by atoms with Gasteiger partial charge in [-0.3, -0.25) is 19.4 Å². The molecule has 0 radical (unpaired) electrons. The van der Waals surface area contributed by atoms with Crippen molar-refractivity contribution in [1.29, 1.82) is 0 Å². The molecule has 1 atom stereocenters. The van der Waals surface area contributed by atoms with E-state index in [1.54, 1.807) is 7.11 Å². The summed E-state index contributed by atoms with van der Waals surface area (Å²) >= 11 is 1.25. The van der Waals surface area contributed by atoms with E-state index in [-0.39, 0.29) is 42.4 Å². The summed E-state index contributed by atoms with van der Waals surface area (Å²) in [5, 5.41) is 6.47. The van der Waals surface area contributed by atoms with E-state index in [9.17, 15) is 14.4 Å². The fraction of sp³-hybridized carbons (Fsp3) is 0.414. The van der Waals surface area contributed by atoms with E-state index in [4.69, 9.17) is 14.7 Å². The lowest BCUT2D eigenvalue weighted by Crippen LogP contribution is -2.42. The summed E-state index contributed by atoms with van der Waals surface area (Å²) in [6, 6.07) is 14.6. The number of amides is 3. The number of ether oxygens (including phenoxy) is 1. The first-order valence-electron chi connectivity index (χ1n) is 13.4. The van der Waals surface area contributed by atoms with Gasteiger partial charge >= 0.3 is 0 Å². The van der Waals surface area contributed by atoms with Gasteiger partial charge in [-0.2, -0.15) is 0 Å². The third-order valence-corrected chi connectivity index (χ3v) is 8.08. The first-order chi connectivity index (χ1) is 19.0. The number of hydrogen-bond donors (Lipinski definition) is 2. The number of carbonyl (C=O) groups excluding carboxylic acids is 3. The largest absolute Gasteiger partial charge is 0.497 e. The molecule has 2 aliphatic heterocycles. The molecule has 9 nitrogen and oxygen atoms in total. The molecule has 2 aromatic carbocycles. The first kappa shape index (κ1) is 26.9. The summed E-state index contributed by atoms with van der Waals surface area (Å²) in [6.45, 7) is 0.395. The number of thioether (sulfide) groups is 1. The molecule has 5 rings (SSSR count). The topological polar surface area (TPSA) is 112 Å². The number of aliphatic imine (C=N–C) groups is 2. The molecule has 1 fully saturated rings. The maximum atomic E-state index is 13.4. The Morgan fingerprint density at radius 3 is 2.59 bits per heavy atom. The molecule has 1 saturated carbocycles. The van der Waals surface area contributed by atoms with Crippen molar-refractivity contribution < 1.29 is 19.1 Å². The molecule has 1 unspecified atom stereocenters. The number of rotatable bonds is 9. The number of fused-ring (bicyclic) bond motifs is 3. The number of amidine groups is 2. The van der Waals surface area contributed by atoms with Gasteiger partial charge in [0.2, 0.25) is 11.8 Å². The molecule has 10 heteroatoms. The van der Waals surface area contributed by atoms with Gasteiger partial charge in [-0.25, -0.2) is 9.89 Å².